The summed E-state index contributed by atoms with van der Waals surface area (Å²) >= 11 is 0. The van der Waals surface area contributed by atoms with Crippen LogP contribution in [-0.2, 0) is 60.7 Å². The van der Waals surface area contributed by atoms with Crippen LogP contribution in [0.2, 0.25) is 0 Å². The Morgan fingerprint density at radius 2 is 0.608 bits per heavy atom. The summed E-state index contributed by atoms with van der Waals surface area (Å²) in [6.07, 6.45) is -31.7. The van der Waals surface area contributed by atoms with Crippen LogP contribution in [0.4, 0.5) is 105 Å². The lowest BCUT2D eigenvalue weighted by atomic mass is 9.12. The fourth-order valence-electron chi connectivity index (χ4n) is 11.4. The predicted molar refractivity (Wildman–Crippen MR) is 315 cm³/mol. The number of Topliss-reactive ketones (excluding diaryl/α,β-unsaturated/α-hetero) is 1. The van der Waals surface area contributed by atoms with Crippen LogP contribution in [-0.4, -0.2) is 24.5 Å². The molecule has 0 aliphatic heterocycles. The predicted octanol–water partition coefficient (Wildman–Crippen LogP) is 20.6. The number of aromatic nitrogens is 1. The number of carbonyl (C=O) groups excluding carboxylic acids is 2. The molecule has 0 fully saturated rings. The normalized spacial score (nSPS) is 13.0. The van der Waals surface area contributed by atoms with Gasteiger partial charge in [-0.25, -0.2) is 4.79 Å². The summed E-state index contributed by atoms with van der Waals surface area (Å²) in [6, 6.07) is 10.0. The average molecular weight is 1410 g/mol. The van der Waals surface area contributed by atoms with Gasteiger partial charge in [0.1, 0.15) is 6.15 Å². The SMILES string of the molecule is CCCCCCCCCCCCCCCCCCOC(=O)c1ccc(C(=O)C[n+]2cccc3ccccc32)cc1.FC(F)(F)c1cc([B-](c2cc(C(F)(F)F)cc(C(F)(F)F)c2)(c2cc(C(F)(F)F)cc(C(F)(F)F)c2)c2cc(C(F)(F)F)cc(C(F)(F)F)c2)cc(C(F)(F)F)c1. The van der Waals surface area contributed by atoms with E-state index in [0.717, 1.165) is 23.7 Å². The molecule has 0 N–H and O–H groups in total. The lowest BCUT2D eigenvalue weighted by Gasteiger charge is -2.46. The number of rotatable bonds is 25. The van der Waals surface area contributed by atoms with Gasteiger partial charge in [0.2, 0.25) is 17.8 Å². The van der Waals surface area contributed by atoms with Gasteiger partial charge in [0.15, 0.2) is 6.20 Å². The van der Waals surface area contributed by atoms with Crippen molar-refractivity contribution in [3.05, 3.63) is 195 Å². The summed E-state index contributed by atoms with van der Waals surface area (Å²) in [6.45, 7) is 2.99. The summed E-state index contributed by atoms with van der Waals surface area (Å²) in [7, 11) is 0. The average Bonchev–Trinajstić information content (AvgIpc) is 0.708. The number of pyridine rings is 1. The molecule has 0 bridgehead atoms. The minimum absolute atomic E-state index is 0.00874. The van der Waals surface area contributed by atoms with Gasteiger partial charge in [0.25, 0.3) is 0 Å². The Kier molecular flexibility index (Phi) is 25.7. The second-order valence-corrected chi connectivity index (χ2v) is 23.4. The lowest BCUT2D eigenvalue weighted by molar-refractivity contribution is -0.657. The Bertz CT molecular complexity index is 3320. The van der Waals surface area contributed by atoms with Crippen molar-refractivity contribution in [3.8, 4) is 0 Å². The zero-order valence-electron chi connectivity index (χ0n) is 51.3. The molecular formula is C68H62BF24NO3. The molecule has 97 heavy (non-hydrogen) atoms. The summed E-state index contributed by atoms with van der Waals surface area (Å²) in [5.41, 5.74) is -28.1. The first-order valence-electron chi connectivity index (χ1n) is 30.5. The van der Waals surface area contributed by atoms with Gasteiger partial charge in [-0.2, -0.15) is 132 Å². The number of unbranched alkanes of at least 4 members (excludes halogenated alkanes) is 15. The van der Waals surface area contributed by atoms with Crippen molar-refractivity contribution in [2.75, 3.05) is 6.61 Å². The number of fused-ring (bicyclic) bond motifs is 1. The molecule has 7 rings (SSSR count). The van der Waals surface area contributed by atoms with Crippen LogP contribution >= 0.6 is 0 Å². The van der Waals surface area contributed by atoms with E-state index in [1.807, 2.05) is 47.2 Å². The highest BCUT2D eigenvalue weighted by Gasteiger charge is 2.47. The maximum atomic E-state index is 14.2. The van der Waals surface area contributed by atoms with Crippen molar-refractivity contribution in [2.45, 2.75) is 166 Å². The van der Waals surface area contributed by atoms with Crippen LogP contribution in [0.5, 0.6) is 0 Å². The third-order valence-corrected chi connectivity index (χ3v) is 16.2. The minimum Gasteiger partial charge on any atom is -0.462 e. The Hall–Kier alpha value is -7.75. The first-order valence-corrected chi connectivity index (χ1v) is 30.5. The number of hydrogen-bond donors (Lipinski definition) is 0. The van der Waals surface area contributed by atoms with Gasteiger partial charge in [-0.1, -0.05) is 176 Å². The van der Waals surface area contributed by atoms with Gasteiger partial charge < -0.3 is 4.74 Å². The third-order valence-electron chi connectivity index (χ3n) is 16.2. The second kappa shape index (κ2) is 31.8. The van der Waals surface area contributed by atoms with Crippen LogP contribution in [0.25, 0.3) is 10.9 Å². The fraction of sp³-hybridized carbons (Fsp3) is 0.397. The maximum absolute atomic E-state index is 14.2. The molecular weight excluding hydrogens is 1350 g/mol. The number of ketones is 1. The summed E-state index contributed by atoms with van der Waals surface area (Å²) in [5.74, 6) is -0.308. The number of esters is 1. The van der Waals surface area contributed by atoms with Crippen LogP contribution in [0, 0.1) is 0 Å². The van der Waals surface area contributed by atoms with Gasteiger partial charge in [0, 0.05) is 23.1 Å². The van der Waals surface area contributed by atoms with Gasteiger partial charge in [-0.05, 0) is 55.0 Å². The third kappa shape index (κ3) is 21.6. The van der Waals surface area contributed by atoms with E-state index in [0.29, 0.717) is 17.7 Å². The first kappa shape index (κ1) is 78.3. The van der Waals surface area contributed by atoms with E-state index in [9.17, 15) is 115 Å². The molecule has 0 spiro atoms. The summed E-state index contributed by atoms with van der Waals surface area (Å²) < 4.78 is 348. The van der Waals surface area contributed by atoms with Gasteiger partial charge in [-0.15, -0.1) is 0 Å². The molecule has 0 amide bonds. The molecule has 0 saturated carbocycles. The Labute approximate surface area is 540 Å². The molecule has 1 heterocycles. The highest BCUT2D eigenvalue weighted by Crippen LogP contribution is 2.42. The zero-order chi connectivity index (χ0) is 72.2. The van der Waals surface area contributed by atoms with E-state index in [1.54, 1.807) is 24.3 Å². The van der Waals surface area contributed by atoms with Crippen molar-refractivity contribution < 1.29 is 124 Å². The lowest BCUT2D eigenvalue weighted by Crippen LogP contribution is -2.75. The van der Waals surface area contributed by atoms with Gasteiger partial charge in [0.05, 0.1) is 56.7 Å². The molecule has 0 aliphatic rings. The van der Waals surface area contributed by atoms with Crippen molar-refractivity contribution >= 4 is 50.7 Å². The zero-order valence-corrected chi connectivity index (χ0v) is 51.3. The second-order valence-electron chi connectivity index (χ2n) is 23.4. The topological polar surface area (TPSA) is 47.3 Å². The van der Waals surface area contributed by atoms with Crippen molar-refractivity contribution in [1.29, 1.82) is 0 Å². The van der Waals surface area contributed by atoms with E-state index >= 15 is 0 Å². The van der Waals surface area contributed by atoms with Crippen LogP contribution in [0.1, 0.15) is 175 Å². The molecule has 528 valence electrons. The smallest absolute Gasteiger partial charge is 0.416 e. The van der Waals surface area contributed by atoms with Crippen LogP contribution in [0.3, 0.4) is 0 Å². The molecule has 0 saturated heterocycles. The summed E-state index contributed by atoms with van der Waals surface area (Å²) in [4.78, 5) is 25.3. The number of halogens is 24. The maximum Gasteiger partial charge on any atom is 0.416 e. The summed E-state index contributed by atoms with van der Waals surface area (Å²) in [5, 5.41) is 1.10. The standard InChI is InChI=1S/C36H50NO3.C32H12BF24/c1-2-3-4-5-6-7-8-9-10-11-12-13-14-15-16-19-29-40-36(39)33-26-24-32(25-27-33)35(38)30-37-28-20-22-31-21-17-18-23-34(31)37;34-25(35,36)13-1-14(26(37,38)39)6-21(5-13)33(22-7-15(27(40,41)42)2-16(8-22)28(43,44)45,23-9-17(29(46,47)48)3-18(10-23)30(49,50)51)24-11-19(31(52,53)54)4-20(12-24)32(55,56)57/h17-18,20-28H,2-16,19,29-30H2,1H3;1-12H/q+1;-1. The number of hydrogen-bond acceptors (Lipinski definition) is 3. The number of ether oxygens (including phenoxy) is 1. The van der Waals surface area contributed by atoms with Crippen molar-refractivity contribution in [2.24, 2.45) is 0 Å². The Morgan fingerprint density at radius 3 is 0.907 bits per heavy atom. The monoisotopic (exact) mass is 1410 g/mol. The molecule has 0 radical (unpaired) electrons. The van der Waals surface area contributed by atoms with Gasteiger partial charge >= 0.3 is 55.4 Å². The molecule has 0 atom stereocenters. The Balaban J connectivity index is 0.000000326. The molecule has 29 heteroatoms. The van der Waals surface area contributed by atoms with Crippen molar-refractivity contribution in [1.82, 2.24) is 0 Å². The van der Waals surface area contributed by atoms with Crippen molar-refractivity contribution in [3.63, 3.8) is 0 Å². The van der Waals surface area contributed by atoms with E-state index < -0.39 is 195 Å². The van der Waals surface area contributed by atoms with Crippen LogP contribution < -0.4 is 26.4 Å². The van der Waals surface area contributed by atoms with Gasteiger partial charge in [-0.3, -0.25) is 4.79 Å². The molecule has 1 aromatic heterocycles. The number of alkyl halides is 24. The van der Waals surface area contributed by atoms with Crippen LogP contribution in [0.15, 0.2) is 140 Å². The molecule has 6 aromatic carbocycles. The highest BCUT2D eigenvalue weighted by molar-refractivity contribution is 7.20. The van der Waals surface area contributed by atoms with E-state index in [4.69, 9.17) is 4.74 Å². The van der Waals surface area contributed by atoms with E-state index in [2.05, 4.69) is 6.92 Å². The van der Waals surface area contributed by atoms with E-state index in [1.165, 1.54) is 89.9 Å². The quantitative estimate of drug-likeness (QED) is 0.0143. The molecule has 0 aliphatic carbocycles. The minimum atomic E-state index is -6.13. The number of benzene rings is 6. The molecule has 0 unspecified atom stereocenters. The molecule has 4 nitrogen and oxygen atoms in total. The number of nitrogens with zero attached hydrogens (tertiary/aromatic N) is 1. The molecule has 7 aromatic rings. The largest absolute Gasteiger partial charge is 0.462 e. The first-order chi connectivity index (χ1) is 44.9. The fourth-order valence-corrected chi connectivity index (χ4v) is 11.4. The highest BCUT2D eigenvalue weighted by atomic mass is 19.4. The Morgan fingerprint density at radius 1 is 0.340 bits per heavy atom. The number of carbonyl (C=O) groups is 2. The van der Waals surface area contributed by atoms with E-state index in [-0.39, 0.29) is 18.3 Å². The number of para-hydroxylation sites is 1.